The molecule has 1 aromatic heterocycles. The Morgan fingerprint density at radius 2 is 1.91 bits per heavy atom. The summed E-state index contributed by atoms with van der Waals surface area (Å²) in [6.07, 6.45) is 1.68. The van der Waals surface area contributed by atoms with Gasteiger partial charge in [-0.3, -0.25) is 9.58 Å². The molecule has 1 fully saturated rings. The van der Waals surface area contributed by atoms with Gasteiger partial charge >= 0.3 is 6.61 Å². The molecule has 2 heterocycles. The number of aromatic nitrogens is 2. The molecule has 2 aromatic carbocycles. The third-order valence-corrected chi connectivity index (χ3v) is 6.63. The highest BCUT2D eigenvalue weighted by molar-refractivity contribution is 5.70. The summed E-state index contributed by atoms with van der Waals surface area (Å²) < 4.78 is 33.2. The van der Waals surface area contributed by atoms with Gasteiger partial charge in [0.2, 0.25) is 0 Å². The monoisotopic (exact) mass is 471 g/mol. The first-order valence-corrected chi connectivity index (χ1v) is 11.5. The molecular weight excluding hydrogens is 440 g/mol. The molecule has 2 atom stereocenters. The third kappa shape index (κ3) is 5.46. The minimum Gasteiger partial charge on any atom is -0.434 e. The summed E-state index contributed by atoms with van der Waals surface area (Å²) in [5.74, 6) is 0.0434. The minimum atomic E-state index is -2.94. The summed E-state index contributed by atoms with van der Waals surface area (Å²) in [5, 5.41) is 24.6. The van der Waals surface area contributed by atoms with E-state index in [1.165, 1.54) is 0 Å². The fourth-order valence-corrected chi connectivity index (χ4v) is 4.61. The van der Waals surface area contributed by atoms with Gasteiger partial charge in [-0.1, -0.05) is 42.5 Å². The lowest BCUT2D eigenvalue weighted by atomic mass is 9.83. The van der Waals surface area contributed by atoms with Crippen LogP contribution in [0, 0.1) is 5.92 Å². The van der Waals surface area contributed by atoms with E-state index in [2.05, 4.69) is 10.00 Å². The Hall–Kier alpha value is -2.81. The topological polar surface area (TPSA) is 70.8 Å². The van der Waals surface area contributed by atoms with Crippen molar-refractivity contribution in [2.45, 2.75) is 38.5 Å². The maximum absolute atomic E-state index is 13.3. The molecule has 4 rings (SSSR count). The zero-order valence-electron chi connectivity index (χ0n) is 19.5. The average Bonchev–Trinajstić information content (AvgIpc) is 3.22. The molecule has 0 radical (unpaired) electrons. The molecule has 0 unspecified atom stereocenters. The van der Waals surface area contributed by atoms with Gasteiger partial charge in [-0.2, -0.15) is 13.9 Å². The second-order valence-electron chi connectivity index (χ2n) is 9.20. The third-order valence-electron chi connectivity index (χ3n) is 6.63. The van der Waals surface area contributed by atoms with Crippen molar-refractivity contribution in [1.82, 2.24) is 14.7 Å². The van der Waals surface area contributed by atoms with Crippen LogP contribution in [-0.4, -0.2) is 56.8 Å². The quantitative estimate of drug-likeness (QED) is 0.512. The van der Waals surface area contributed by atoms with Gasteiger partial charge in [0.15, 0.2) is 0 Å². The number of piperidine rings is 1. The molecule has 0 saturated carbocycles. The maximum atomic E-state index is 13.3. The van der Waals surface area contributed by atoms with Crippen LogP contribution >= 0.6 is 0 Å². The molecule has 0 spiro atoms. The van der Waals surface area contributed by atoms with Gasteiger partial charge in [0, 0.05) is 42.7 Å². The SMILES string of the molecule is Cn1nc(-c2ccccc2)cc1-c1ccc(CN2CCC[C@H]([C@](C)(O)CO)C2)c(OC(F)F)c1. The second kappa shape index (κ2) is 10.2. The summed E-state index contributed by atoms with van der Waals surface area (Å²) in [6.45, 7) is 0.168. The van der Waals surface area contributed by atoms with E-state index in [4.69, 9.17) is 4.74 Å². The van der Waals surface area contributed by atoms with Crippen molar-refractivity contribution in [3.8, 4) is 28.3 Å². The van der Waals surface area contributed by atoms with Crippen molar-refractivity contribution in [3.05, 3.63) is 60.2 Å². The molecule has 0 amide bonds. The highest BCUT2D eigenvalue weighted by Crippen LogP contribution is 2.33. The van der Waals surface area contributed by atoms with Crippen LogP contribution in [0.2, 0.25) is 0 Å². The second-order valence-corrected chi connectivity index (χ2v) is 9.20. The smallest absolute Gasteiger partial charge is 0.387 e. The van der Waals surface area contributed by atoms with Gasteiger partial charge in [0.1, 0.15) is 5.75 Å². The van der Waals surface area contributed by atoms with E-state index < -0.39 is 12.2 Å². The van der Waals surface area contributed by atoms with E-state index in [9.17, 15) is 19.0 Å². The number of likely N-dealkylation sites (tertiary alicyclic amines) is 1. The van der Waals surface area contributed by atoms with E-state index in [0.29, 0.717) is 18.7 Å². The Morgan fingerprint density at radius 1 is 1.15 bits per heavy atom. The first-order chi connectivity index (χ1) is 16.3. The highest BCUT2D eigenvalue weighted by Gasteiger charge is 2.34. The molecule has 2 N–H and O–H groups in total. The first kappa shape index (κ1) is 24.3. The molecule has 6 nitrogen and oxygen atoms in total. The van der Waals surface area contributed by atoms with Crippen molar-refractivity contribution in [2.24, 2.45) is 13.0 Å². The van der Waals surface area contributed by atoms with Gasteiger partial charge in [-0.05, 0) is 38.4 Å². The Balaban J connectivity index is 1.59. The van der Waals surface area contributed by atoms with Crippen molar-refractivity contribution in [1.29, 1.82) is 0 Å². The highest BCUT2D eigenvalue weighted by atomic mass is 19.3. The molecule has 1 saturated heterocycles. The summed E-state index contributed by atoms with van der Waals surface area (Å²) in [5.41, 5.74) is 2.79. The van der Waals surface area contributed by atoms with Gasteiger partial charge in [0.25, 0.3) is 0 Å². The number of aliphatic hydroxyl groups excluding tert-OH is 1. The largest absolute Gasteiger partial charge is 0.434 e. The lowest BCUT2D eigenvalue weighted by Crippen LogP contribution is -2.47. The van der Waals surface area contributed by atoms with E-state index in [-0.39, 0.29) is 18.3 Å². The van der Waals surface area contributed by atoms with Crippen molar-refractivity contribution >= 4 is 0 Å². The first-order valence-electron chi connectivity index (χ1n) is 11.5. The van der Waals surface area contributed by atoms with Crippen LogP contribution in [0.1, 0.15) is 25.3 Å². The van der Waals surface area contributed by atoms with Crippen molar-refractivity contribution in [2.75, 3.05) is 19.7 Å². The summed E-state index contributed by atoms with van der Waals surface area (Å²) in [7, 11) is 1.82. The number of aliphatic hydroxyl groups is 2. The number of halogens is 2. The summed E-state index contributed by atoms with van der Waals surface area (Å²) in [6, 6.07) is 17.1. The Labute approximate surface area is 198 Å². The zero-order valence-corrected chi connectivity index (χ0v) is 19.5. The number of benzene rings is 2. The predicted octanol–water partition coefficient (Wildman–Crippen LogP) is 4.31. The molecule has 3 aromatic rings. The summed E-state index contributed by atoms with van der Waals surface area (Å²) in [4.78, 5) is 2.11. The number of nitrogens with zero attached hydrogens (tertiary/aromatic N) is 3. The summed E-state index contributed by atoms with van der Waals surface area (Å²) >= 11 is 0. The van der Waals surface area contributed by atoms with Crippen LogP contribution in [0.4, 0.5) is 8.78 Å². The fraction of sp³-hybridized carbons (Fsp3) is 0.423. The van der Waals surface area contributed by atoms with Crippen LogP contribution in [-0.2, 0) is 13.6 Å². The van der Waals surface area contributed by atoms with Gasteiger partial charge in [-0.15, -0.1) is 0 Å². The molecule has 1 aliphatic rings. The van der Waals surface area contributed by atoms with Gasteiger partial charge in [0.05, 0.1) is 23.6 Å². The number of rotatable bonds is 8. The predicted molar refractivity (Wildman–Crippen MR) is 126 cm³/mol. The Bertz CT molecular complexity index is 1100. The van der Waals surface area contributed by atoms with E-state index >= 15 is 0 Å². The zero-order chi connectivity index (χ0) is 24.3. The van der Waals surface area contributed by atoms with Gasteiger partial charge in [-0.25, -0.2) is 0 Å². The molecule has 0 bridgehead atoms. The van der Waals surface area contributed by atoms with Crippen LogP contribution in [0.25, 0.3) is 22.5 Å². The van der Waals surface area contributed by atoms with Crippen LogP contribution in [0.15, 0.2) is 54.6 Å². The Morgan fingerprint density at radius 3 is 2.62 bits per heavy atom. The lowest BCUT2D eigenvalue weighted by molar-refractivity contribution is -0.0702. The lowest BCUT2D eigenvalue weighted by Gasteiger charge is -2.39. The number of ether oxygens (including phenoxy) is 1. The standard InChI is InChI=1S/C26H31F2N3O3/c1-26(33,17-32)21-9-6-12-31(16-21)15-20-11-10-19(13-24(20)34-25(27)28)23-14-22(29-30(23)2)18-7-4-3-5-8-18/h3-5,7-8,10-11,13-14,21,25,32-33H,6,9,12,15-17H2,1-2H3/t21-,26+/m0/s1. The van der Waals surface area contributed by atoms with Crippen molar-refractivity contribution < 1.29 is 23.7 Å². The van der Waals surface area contributed by atoms with Crippen LogP contribution in [0.3, 0.4) is 0 Å². The molecule has 1 aliphatic heterocycles. The fourth-order valence-electron chi connectivity index (χ4n) is 4.61. The van der Waals surface area contributed by atoms with Crippen LogP contribution < -0.4 is 4.74 Å². The molecule has 34 heavy (non-hydrogen) atoms. The Kier molecular flexibility index (Phi) is 7.30. The normalized spacial score (nSPS) is 18.7. The van der Waals surface area contributed by atoms with Gasteiger partial charge < -0.3 is 14.9 Å². The van der Waals surface area contributed by atoms with Crippen LogP contribution in [0.5, 0.6) is 5.75 Å². The molecule has 0 aliphatic carbocycles. The number of aryl methyl sites for hydroxylation is 1. The number of alkyl halides is 2. The minimum absolute atomic E-state index is 0.0872. The molecule has 182 valence electrons. The molecular formula is C26H31F2N3O3. The maximum Gasteiger partial charge on any atom is 0.387 e. The average molecular weight is 472 g/mol. The number of hydrogen-bond donors (Lipinski definition) is 2. The van der Waals surface area contributed by atoms with E-state index in [1.807, 2.05) is 55.6 Å². The number of hydrogen-bond acceptors (Lipinski definition) is 5. The molecule has 8 heteroatoms. The van der Waals surface area contributed by atoms with Crippen molar-refractivity contribution in [3.63, 3.8) is 0 Å². The van der Waals surface area contributed by atoms with E-state index in [0.717, 1.165) is 41.9 Å². The van der Waals surface area contributed by atoms with E-state index in [1.54, 1.807) is 17.7 Å².